The summed E-state index contributed by atoms with van der Waals surface area (Å²) < 4.78 is 5.13. The topological polar surface area (TPSA) is 58.6 Å². The summed E-state index contributed by atoms with van der Waals surface area (Å²) in [5.74, 6) is 0.607. The number of amides is 2. The van der Waals surface area contributed by atoms with Gasteiger partial charge in [-0.15, -0.1) is 0 Å². The number of piperazine rings is 1. The van der Waals surface area contributed by atoms with Gasteiger partial charge in [-0.3, -0.25) is 9.59 Å². The smallest absolute Gasteiger partial charge is 0.242 e. The standard InChI is InChI=1S/C14H18N2O3/c1-10-14(18)15-6-7-16(10)13(17)9-11-4-3-5-12(8-11)19-2/h3-5,8,10H,6-7,9H2,1-2H3,(H,15,18). The summed E-state index contributed by atoms with van der Waals surface area (Å²) >= 11 is 0. The molecule has 5 heteroatoms. The summed E-state index contributed by atoms with van der Waals surface area (Å²) in [5, 5.41) is 2.75. The highest BCUT2D eigenvalue weighted by Crippen LogP contribution is 2.15. The molecule has 0 bridgehead atoms. The van der Waals surface area contributed by atoms with Crippen LogP contribution in [0.15, 0.2) is 24.3 Å². The van der Waals surface area contributed by atoms with Crippen molar-refractivity contribution in [2.45, 2.75) is 19.4 Å². The molecule has 1 aliphatic heterocycles. The van der Waals surface area contributed by atoms with Crippen LogP contribution in [0.25, 0.3) is 0 Å². The van der Waals surface area contributed by atoms with Crippen molar-refractivity contribution >= 4 is 11.8 Å². The zero-order valence-corrected chi connectivity index (χ0v) is 11.2. The Morgan fingerprint density at radius 1 is 1.53 bits per heavy atom. The molecule has 0 radical (unpaired) electrons. The molecule has 102 valence electrons. The fraction of sp³-hybridized carbons (Fsp3) is 0.429. The number of nitrogens with zero attached hydrogens (tertiary/aromatic N) is 1. The molecule has 5 nitrogen and oxygen atoms in total. The number of benzene rings is 1. The Morgan fingerprint density at radius 2 is 2.32 bits per heavy atom. The molecule has 1 saturated heterocycles. The number of hydrogen-bond donors (Lipinski definition) is 1. The number of nitrogens with one attached hydrogen (secondary N) is 1. The van der Waals surface area contributed by atoms with Crippen molar-refractivity contribution in [2.75, 3.05) is 20.2 Å². The molecule has 1 heterocycles. The second kappa shape index (κ2) is 5.73. The van der Waals surface area contributed by atoms with E-state index in [1.54, 1.807) is 18.9 Å². The SMILES string of the molecule is COc1cccc(CC(=O)N2CCNC(=O)C2C)c1. The lowest BCUT2D eigenvalue weighted by atomic mass is 10.1. The predicted octanol–water partition coefficient (Wildman–Crippen LogP) is 0.585. The lowest BCUT2D eigenvalue weighted by Crippen LogP contribution is -2.56. The van der Waals surface area contributed by atoms with Gasteiger partial charge in [0.2, 0.25) is 11.8 Å². The number of rotatable bonds is 3. The minimum atomic E-state index is -0.396. The van der Waals surface area contributed by atoms with Crippen molar-refractivity contribution in [1.29, 1.82) is 0 Å². The Kier molecular flexibility index (Phi) is 4.04. The molecule has 1 aromatic carbocycles. The van der Waals surface area contributed by atoms with E-state index in [1.807, 2.05) is 24.3 Å². The van der Waals surface area contributed by atoms with Crippen molar-refractivity contribution in [3.63, 3.8) is 0 Å². The van der Waals surface area contributed by atoms with E-state index in [9.17, 15) is 9.59 Å². The summed E-state index contributed by atoms with van der Waals surface area (Å²) in [7, 11) is 1.60. The maximum atomic E-state index is 12.2. The van der Waals surface area contributed by atoms with Gasteiger partial charge in [0, 0.05) is 13.1 Å². The van der Waals surface area contributed by atoms with Gasteiger partial charge < -0.3 is 15.0 Å². The van der Waals surface area contributed by atoms with Crippen molar-refractivity contribution in [2.24, 2.45) is 0 Å². The molecule has 1 fully saturated rings. The third-order valence-electron chi connectivity index (χ3n) is 3.31. The highest BCUT2D eigenvalue weighted by Gasteiger charge is 2.28. The first kappa shape index (κ1) is 13.4. The van der Waals surface area contributed by atoms with Crippen molar-refractivity contribution < 1.29 is 14.3 Å². The lowest BCUT2D eigenvalue weighted by Gasteiger charge is -2.32. The number of ether oxygens (including phenoxy) is 1. The number of carbonyl (C=O) groups excluding carboxylic acids is 2. The highest BCUT2D eigenvalue weighted by molar-refractivity contribution is 5.89. The van der Waals surface area contributed by atoms with Crippen molar-refractivity contribution in [3.05, 3.63) is 29.8 Å². The molecule has 1 aliphatic rings. The first-order chi connectivity index (χ1) is 9.11. The Balaban J connectivity index is 2.05. The molecular formula is C14H18N2O3. The molecule has 19 heavy (non-hydrogen) atoms. The van der Waals surface area contributed by atoms with Gasteiger partial charge in [-0.25, -0.2) is 0 Å². The molecule has 1 unspecified atom stereocenters. The normalized spacial score (nSPS) is 18.9. The quantitative estimate of drug-likeness (QED) is 0.867. The van der Waals surface area contributed by atoms with Crippen LogP contribution in [0.4, 0.5) is 0 Å². The van der Waals surface area contributed by atoms with E-state index in [2.05, 4.69) is 5.32 Å². The molecule has 1 N–H and O–H groups in total. The van der Waals surface area contributed by atoms with Gasteiger partial charge >= 0.3 is 0 Å². The molecule has 0 aliphatic carbocycles. The van der Waals surface area contributed by atoms with Crippen LogP contribution in [-0.2, 0) is 16.0 Å². The van der Waals surface area contributed by atoms with Gasteiger partial charge in [0.15, 0.2) is 0 Å². The summed E-state index contributed by atoms with van der Waals surface area (Å²) in [6, 6.07) is 7.02. The fourth-order valence-corrected chi connectivity index (χ4v) is 2.18. The second-order valence-electron chi connectivity index (χ2n) is 4.58. The highest BCUT2D eigenvalue weighted by atomic mass is 16.5. The summed E-state index contributed by atoms with van der Waals surface area (Å²) in [6.45, 7) is 2.83. The largest absolute Gasteiger partial charge is 0.497 e. The van der Waals surface area contributed by atoms with Crippen LogP contribution in [-0.4, -0.2) is 43.0 Å². The van der Waals surface area contributed by atoms with Gasteiger partial charge in [-0.1, -0.05) is 12.1 Å². The van der Waals surface area contributed by atoms with Crippen LogP contribution >= 0.6 is 0 Å². The molecule has 2 rings (SSSR count). The zero-order valence-electron chi connectivity index (χ0n) is 11.2. The predicted molar refractivity (Wildman–Crippen MR) is 70.9 cm³/mol. The summed E-state index contributed by atoms with van der Waals surface area (Å²) in [6.07, 6.45) is 0.287. The second-order valence-corrected chi connectivity index (χ2v) is 4.58. The Bertz CT molecular complexity index is 487. The van der Waals surface area contributed by atoms with Crippen LogP contribution in [0.5, 0.6) is 5.75 Å². The van der Waals surface area contributed by atoms with Crippen LogP contribution in [0.2, 0.25) is 0 Å². The van der Waals surface area contributed by atoms with Gasteiger partial charge in [-0.05, 0) is 24.6 Å². The number of carbonyl (C=O) groups is 2. The van der Waals surface area contributed by atoms with Crippen LogP contribution < -0.4 is 10.1 Å². The maximum absolute atomic E-state index is 12.2. The van der Waals surface area contributed by atoms with Gasteiger partial charge in [-0.2, -0.15) is 0 Å². The number of methoxy groups -OCH3 is 1. The molecule has 1 aromatic rings. The third-order valence-corrected chi connectivity index (χ3v) is 3.31. The Morgan fingerprint density at radius 3 is 3.05 bits per heavy atom. The van der Waals surface area contributed by atoms with E-state index in [1.165, 1.54) is 0 Å². The summed E-state index contributed by atoms with van der Waals surface area (Å²) in [4.78, 5) is 25.4. The van der Waals surface area contributed by atoms with E-state index < -0.39 is 6.04 Å². The van der Waals surface area contributed by atoms with E-state index in [-0.39, 0.29) is 18.2 Å². The number of hydrogen-bond acceptors (Lipinski definition) is 3. The maximum Gasteiger partial charge on any atom is 0.242 e. The van der Waals surface area contributed by atoms with Crippen LogP contribution in [0.1, 0.15) is 12.5 Å². The van der Waals surface area contributed by atoms with Crippen molar-refractivity contribution in [3.8, 4) is 5.75 Å². The molecule has 0 spiro atoms. The Hall–Kier alpha value is -2.04. The fourth-order valence-electron chi connectivity index (χ4n) is 2.18. The van der Waals surface area contributed by atoms with Gasteiger partial charge in [0.1, 0.15) is 11.8 Å². The minimum absolute atomic E-state index is 0.0318. The molecule has 1 atom stereocenters. The molecule has 2 amide bonds. The lowest BCUT2D eigenvalue weighted by molar-refractivity contribution is -0.142. The Labute approximate surface area is 112 Å². The minimum Gasteiger partial charge on any atom is -0.497 e. The third kappa shape index (κ3) is 3.05. The van der Waals surface area contributed by atoms with E-state index >= 15 is 0 Å². The van der Waals surface area contributed by atoms with Crippen molar-refractivity contribution in [1.82, 2.24) is 10.2 Å². The molecular weight excluding hydrogens is 244 g/mol. The first-order valence-electron chi connectivity index (χ1n) is 6.32. The monoisotopic (exact) mass is 262 g/mol. The average Bonchev–Trinajstić information content (AvgIpc) is 2.42. The van der Waals surface area contributed by atoms with E-state index in [0.29, 0.717) is 13.1 Å². The van der Waals surface area contributed by atoms with E-state index in [0.717, 1.165) is 11.3 Å². The van der Waals surface area contributed by atoms with Crippen LogP contribution in [0, 0.1) is 0 Å². The van der Waals surface area contributed by atoms with Crippen LogP contribution in [0.3, 0.4) is 0 Å². The summed E-state index contributed by atoms with van der Waals surface area (Å²) in [5.41, 5.74) is 0.891. The first-order valence-corrected chi connectivity index (χ1v) is 6.32. The van der Waals surface area contributed by atoms with Gasteiger partial charge in [0.05, 0.1) is 13.5 Å². The molecule has 0 saturated carbocycles. The van der Waals surface area contributed by atoms with Gasteiger partial charge in [0.25, 0.3) is 0 Å². The average molecular weight is 262 g/mol. The zero-order chi connectivity index (χ0) is 13.8. The van der Waals surface area contributed by atoms with E-state index in [4.69, 9.17) is 4.74 Å². The molecule has 0 aromatic heterocycles.